The number of aromatic nitrogens is 3. The van der Waals surface area contributed by atoms with Gasteiger partial charge in [-0.1, -0.05) is 6.92 Å². The molecular weight excluding hydrogens is 156 g/mol. The van der Waals surface area contributed by atoms with Gasteiger partial charge in [-0.25, -0.2) is 0 Å². The van der Waals surface area contributed by atoms with E-state index in [2.05, 4.69) is 20.1 Å². The van der Waals surface area contributed by atoms with Crippen LogP contribution < -0.4 is 5.73 Å². The highest BCUT2D eigenvalue weighted by Crippen LogP contribution is 1.81. The molecule has 0 radical (unpaired) electrons. The highest BCUT2D eigenvalue weighted by Gasteiger charge is 1.88. The normalized spacial score (nSPS) is 11.2. The molecular formula is C7H14N4O. The van der Waals surface area contributed by atoms with Crippen LogP contribution in [0.2, 0.25) is 0 Å². The van der Waals surface area contributed by atoms with Gasteiger partial charge in [0.1, 0.15) is 6.23 Å². The number of ether oxygens (including phenoxy) is 1. The molecule has 1 aromatic heterocycles. The number of hydrogen-bond acceptors (Lipinski definition) is 5. The van der Waals surface area contributed by atoms with Gasteiger partial charge >= 0.3 is 0 Å². The van der Waals surface area contributed by atoms with E-state index in [1.165, 1.54) is 0 Å². The van der Waals surface area contributed by atoms with Crippen LogP contribution in [0.25, 0.3) is 0 Å². The van der Waals surface area contributed by atoms with E-state index < -0.39 is 0 Å². The lowest BCUT2D eigenvalue weighted by Crippen LogP contribution is -2.19. The molecule has 0 aliphatic carbocycles. The van der Waals surface area contributed by atoms with E-state index in [4.69, 9.17) is 5.73 Å². The highest BCUT2D eigenvalue weighted by molar-refractivity contribution is 4.69. The zero-order valence-electron chi connectivity index (χ0n) is 7.34. The predicted molar refractivity (Wildman–Crippen MR) is 45.1 cm³/mol. The van der Waals surface area contributed by atoms with Crippen molar-refractivity contribution >= 4 is 0 Å². The van der Waals surface area contributed by atoms with Crippen molar-refractivity contribution in [2.24, 2.45) is 5.73 Å². The Labute approximate surface area is 71.9 Å². The van der Waals surface area contributed by atoms with Crippen molar-refractivity contribution in [2.75, 3.05) is 7.11 Å². The fraction of sp³-hybridized carbons (Fsp3) is 0.571. The Morgan fingerprint density at radius 1 is 1.42 bits per heavy atom. The average molecular weight is 170 g/mol. The van der Waals surface area contributed by atoms with Gasteiger partial charge in [0.05, 0.1) is 12.4 Å². The van der Waals surface area contributed by atoms with E-state index in [1.807, 2.05) is 6.92 Å². The molecule has 12 heavy (non-hydrogen) atoms. The molecule has 5 heteroatoms. The Kier molecular flexibility index (Phi) is 7.31. The van der Waals surface area contributed by atoms with E-state index >= 15 is 0 Å². The second kappa shape index (κ2) is 8.03. The third-order valence-corrected chi connectivity index (χ3v) is 1.11. The van der Waals surface area contributed by atoms with Crippen molar-refractivity contribution in [1.29, 1.82) is 0 Å². The van der Waals surface area contributed by atoms with Crippen molar-refractivity contribution in [3.63, 3.8) is 0 Å². The molecule has 1 atom stereocenters. The minimum Gasteiger partial charge on any atom is -0.367 e. The Balaban J connectivity index is 0.000000202. The van der Waals surface area contributed by atoms with Crippen LogP contribution in [0, 0.1) is 0 Å². The maximum absolute atomic E-state index is 5.25. The Bertz CT molecular complexity index is 140. The van der Waals surface area contributed by atoms with E-state index in [1.54, 1.807) is 25.6 Å². The topological polar surface area (TPSA) is 73.9 Å². The summed E-state index contributed by atoms with van der Waals surface area (Å²) in [5, 5.41) is 10.1. The summed E-state index contributed by atoms with van der Waals surface area (Å²) < 4.78 is 4.68. The summed E-state index contributed by atoms with van der Waals surface area (Å²) in [7, 11) is 1.61. The van der Waals surface area contributed by atoms with Crippen LogP contribution in [0.1, 0.15) is 13.3 Å². The maximum atomic E-state index is 5.25. The standard InChI is InChI=1S/C4H11NO.C3H3N3/c1-3-4(5)6-2;1-2-4-6-5-3-1/h4H,3,5H2,1-2H3;1-3H. The van der Waals surface area contributed by atoms with Crippen molar-refractivity contribution in [2.45, 2.75) is 19.6 Å². The van der Waals surface area contributed by atoms with Gasteiger partial charge in [0.2, 0.25) is 0 Å². The number of methoxy groups -OCH3 is 1. The quantitative estimate of drug-likeness (QED) is 0.642. The molecule has 0 amide bonds. The number of nitrogens with zero attached hydrogens (tertiary/aromatic N) is 3. The zero-order chi connectivity index (χ0) is 9.23. The monoisotopic (exact) mass is 170 g/mol. The van der Waals surface area contributed by atoms with E-state index in [0.29, 0.717) is 0 Å². The van der Waals surface area contributed by atoms with Gasteiger partial charge in [0.15, 0.2) is 0 Å². The van der Waals surface area contributed by atoms with Crippen LogP contribution in [0.5, 0.6) is 0 Å². The van der Waals surface area contributed by atoms with Gasteiger partial charge < -0.3 is 10.5 Å². The fourth-order valence-electron chi connectivity index (χ4n) is 0.372. The molecule has 5 nitrogen and oxygen atoms in total. The molecule has 0 aliphatic heterocycles. The van der Waals surface area contributed by atoms with Crippen molar-refractivity contribution in [1.82, 2.24) is 15.4 Å². The smallest absolute Gasteiger partial charge is 0.104 e. The van der Waals surface area contributed by atoms with Crippen LogP contribution in [0.3, 0.4) is 0 Å². The van der Waals surface area contributed by atoms with Crippen molar-refractivity contribution in [3.8, 4) is 0 Å². The van der Waals surface area contributed by atoms with E-state index in [-0.39, 0.29) is 6.23 Å². The minimum atomic E-state index is -0.0648. The van der Waals surface area contributed by atoms with Crippen molar-refractivity contribution < 1.29 is 4.74 Å². The predicted octanol–water partition coefficient (Wildman–Crippen LogP) is 0.199. The molecule has 0 aliphatic rings. The first-order chi connectivity index (χ1) is 5.81. The Hall–Kier alpha value is -1.07. The Morgan fingerprint density at radius 2 is 2.00 bits per heavy atom. The molecule has 0 saturated carbocycles. The molecule has 1 aromatic rings. The summed E-state index contributed by atoms with van der Waals surface area (Å²) in [4.78, 5) is 0. The van der Waals surface area contributed by atoms with Crippen LogP contribution in [0.15, 0.2) is 18.5 Å². The van der Waals surface area contributed by atoms with Crippen LogP contribution in [0.4, 0.5) is 0 Å². The number of rotatable bonds is 2. The molecule has 0 aromatic carbocycles. The minimum absolute atomic E-state index is 0.0648. The lowest BCUT2D eigenvalue weighted by Gasteiger charge is -2.01. The maximum Gasteiger partial charge on any atom is 0.104 e. The summed E-state index contributed by atoms with van der Waals surface area (Å²) >= 11 is 0. The zero-order valence-corrected chi connectivity index (χ0v) is 7.34. The first-order valence-corrected chi connectivity index (χ1v) is 3.68. The van der Waals surface area contributed by atoms with Crippen LogP contribution in [-0.4, -0.2) is 28.7 Å². The average Bonchev–Trinajstić information content (AvgIpc) is 2.20. The van der Waals surface area contributed by atoms with Crippen LogP contribution in [-0.2, 0) is 4.74 Å². The van der Waals surface area contributed by atoms with Gasteiger partial charge in [-0.15, -0.1) is 10.2 Å². The fourth-order valence-corrected chi connectivity index (χ4v) is 0.372. The summed E-state index contributed by atoms with van der Waals surface area (Å²) in [6.07, 6.45) is 3.97. The summed E-state index contributed by atoms with van der Waals surface area (Å²) in [5.41, 5.74) is 5.25. The molecule has 2 N–H and O–H groups in total. The molecule has 68 valence electrons. The molecule has 0 saturated heterocycles. The number of hydrogen-bond donors (Lipinski definition) is 1. The third-order valence-electron chi connectivity index (χ3n) is 1.11. The summed E-state index contributed by atoms with van der Waals surface area (Å²) in [5.74, 6) is 0. The lowest BCUT2D eigenvalue weighted by molar-refractivity contribution is 0.105. The van der Waals surface area contributed by atoms with E-state index in [0.717, 1.165) is 6.42 Å². The number of nitrogens with two attached hydrogens (primary N) is 1. The molecule has 1 heterocycles. The Morgan fingerprint density at radius 3 is 2.08 bits per heavy atom. The second-order valence-electron chi connectivity index (χ2n) is 1.99. The molecule has 1 unspecified atom stereocenters. The van der Waals surface area contributed by atoms with Gasteiger partial charge in [0.25, 0.3) is 0 Å². The summed E-state index contributed by atoms with van der Waals surface area (Å²) in [6, 6.07) is 1.72. The van der Waals surface area contributed by atoms with E-state index in [9.17, 15) is 0 Å². The molecule has 1 rings (SSSR count). The largest absolute Gasteiger partial charge is 0.367 e. The molecule has 0 spiro atoms. The highest BCUT2D eigenvalue weighted by atomic mass is 16.5. The van der Waals surface area contributed by atoms with Gasteiger partial charge in [-0.05, 0) is 17.7 Å². The summed E-state index contributed by atoms with van der Waals surface area (Å²) in [6.45, 7) is 1.98. The third kappa shape index (κ3) is 7.04. The first-order valence-electron chi connectivity index (χ1n) is 3.68. The van der Waals surface area contributed by atoms with Gasteiger partial charge in [-0.2, -0.15) is 0 Å². The van der Waals surface area contributed by atoms with Gasteiger partial charge in [-0.3, -0.25) is 0 Å². The first kappa shape index (κ1) is 10.9. The van der Waals surface area contributed by atoms with Crippen molar-refractivity contribution in [3.05, 3.63) is 18.5 Å². The van der Waals surface area contributed by atoms with Crippen LogP contribution >= 0.6 is 0 Å². The van der Waals surface area contributed by atoms with Gasteiger partial charge in [0, 0.05) is 7.11 Å². The lowest BCUT2D eigenvalue weighted by atomic mass is 10.4. The molecule has 0 fully saturated rings. The second-order valence-corrected chi connectivity index (χ2v) is 1.99. The molecule has 0 bridgehead atoms. The SMILES string of the molecule is CCC(N)OC.c1cnnnc1.